The lowest BCUT2D eigenvalue weighted by molar-refractivity contribution is 0.0992. The van der Waals surface area contributed by atoms with E-state index < -0.39 is 0 Å². The first kappa shape index (κ1) is 16.8. The molecule has 6 heteroatoms. The summed E-state index contributed by atoms with van der Waals surface area (Å²) in [5, 5.41) is 15.2. The van der Waals surface area contributed by atoms with E-state index in [4.69, 9.17) is 9.84 Å². The molecular weight excluding hydrogens is 322 g/mol. The Labute approximate surface area is 145 Å². The van der Waals surface area contributed by atoms with E-state index in [1.165, 1.54) is 16.7 Å². The Morgan fingerprint density at radius 3 is 2.83 bits per heavy atom. The number of ether oxygens (including phenoxy) is 1. The number of anilines is 1. The smallest absolute Gasteiger partial charge is 0.138 e. The van der Waals surface area contributed by atoms with Crippen LogP contribution in [0.25, 0.3) is 21.3 Å². The van der Waals surface area contributed by atoms with E-state index in [2.05, 4.69) is 52.7 Å². The number of aliphatic hydroxyl groups is 1. The molecule has 0 unspecified atom stereocenters. The third-order valence-corrected chi connectivity index (χ3v) is 4.85. The number of aryl methyl sites for hydroxylation is 2. The van der Waals surface area contributed by atoms with Crippen LogP contribution in [0.5, 0.6) is 0 Å². The molecule has 5 nitrogen and oxygen atoms in total. The van der Waals surface area contributed by atoms with E-state index >= 15 is 0 Å². The van der Waals surface area contributed by atoms with Gasteiger partial charge in [-0.3, -0.25) is 0 Å². The van der Waals surface area contributed by atoms with Crippen LogP contribution >= 0.6 is 11.3 Å². The SMILES string of the molecule is Cc1ccc(-c2csc3ncnc(NCCOCCO)c23)cc1C. The summed E-state index contributed by atoms with van der Waals surface area (Å²) in [6.07, 6.45) is 1.58. The largest absolute Gasteiger partial charge is 0.394 e. The fourth-order valence-corrected chi connectivity index (χ4v) is 3.45. The Balaban J connectivity index is 1.90. The molecule has 0 aliphatic heterocycles. The van der Waals surface area contributed by atoms with Gasteiger partial charge in [-0.15, -0.1) is 11.3 Å². The van der Waals surface area contributed by atoms with Gasteiger partial charge in [0.25, 0.3) is 0 Å². The third kappa shape index (κ3) is 3.56. The molecule has 0 radical (unpaired) electrons. The first-order valence-corrected chi connectivity index (χ1v) is 8.81. The Hall–Kier alpha value is -2.02. The summed E-state index contributed by atoms with van der Waals surface area (Å²) < 4.78 is 5.29. The number of fused-ring (bicyclic) bond motifs is 1. The molecule has 0 saturated carbocycles. The molecular formula is C18H21N3O2S. The average molecular weight is 343 g/mol. The molecule has 0 aliphatic carbocycles. The maximum atomic E-state index is 8.74. The highest BCUT2D eigenvalue weighted by Gasteiger charge is 2.13. The summed E-state index contributed by atoms with van der Waals surface area (Å²) in [6, 6.07) is 6.50. The van der Waals surface area contributed by atoms with Gasteiger partial charge in [-0.05, 0) is 30.5 Å². The van der Waals surface area contributed by atoms with E-state index in [1.54, 1.807) is 17.7 Å². The molecule has 0 amide bonds. The van der Waals surface area contributed by atoms with Crippen molar-refractivity contribution < 1.29 is 9.84 Å². The van der Waals surface area contributed by atoms with E-state index in [9.17, 15) is 0 Å². The Morgan fingerprint density at radius 2 is 2.04 bits per heavy atom. The fraction of sp³-hybridized carbons (Fsp3) is 0.333. The minimum Gasteiger partial charge on any atom is -0.394 e. The average Bonchev–Trinajstić information content (AvgIpc) is 3.02. The van der Waals surface area contributed by atoms with Crippen molar-refractivity contribution in [2.75, 3.05) is 31.7 Å². The summed E-state index contributed by atoms with van der Waals surface area (Å²) >= 11 is 1.62. The lowest BCUT2D eigenvalue weighted by Gasteiger charge is -2.09. The summed E-state index contributed by atoms with van der Waals surface area (Å²) in [5.41, 5.74) is 4.89. The zero-order valence-corrected chi connectivity index (χ0v) is 14.7. The zero-order chi connectivity index (χ0) is 16.9. The van der Waals surface area contributed by atoms with Crippen LogP contribution in [0.1, 0.15) is 11.1 Å². The van der Waals surface area contributed by atoms with Gasteiger partial charge >= 0.3 is 0 Å². The van der Waals surface area contributed by atoms with Crippen molar-refractivity contribution in [1.29, 1.82) is 0 Å². The molecule has 0 spiro atoms. The number of nitrogens with one attached hydrogen (secondary N) is 1. The Kier molecular flexibility index (Phi) is 5.40. The van der Waals surface area contributed by atoms with Crippen LogP contribution in [0.15, 0.2) is 29.9 Å². The third-order valence-electron chi connectivity index (χ3n) is 3.96. The highest BCUT2D eigenvalue weighted by Crippen LogP contribution is 2.36. The van der Waals surface area contributed by atoms with Crippen LogP contribution in [0.4, 0.5) is 5.82 Å². The molecule has 0 atom stereocenters. The van der Waals surface area contributed by atoms with E-state index in [-0.39, 0.29) is 6.61 Å². The second-order valence-electron chi connectivity index (χ2n) is 5.61. The topological polar surface area (TPSA) is 67.3 Å². The number of hydrogen-bond acceptors (Lipinski definition) is 6. The molecule has 0 aliphatic rings. The molecule has 2 N–H and O–H groups in total. The number of thiophene rings is 1. The second-order valence-corrected chi connectivity index (χ2v) is 6.47. The minimum absolute atomic E-state index is 0.0409. The summed E-state index contributed by atoms with van der Waals surface area (Å²) in [5.74, 6) is 0.821. The van der Waals surface area contributed by atoms with E-state index in [1.807, 2.05) is 0 Å². The van der Waals surface area contributed by atoms with Gasteiger partial charge in [0.05, 0.1) is 25.2 Å². The highest BCUT2D eigenvalue weighted by atomic mass is 32.1. The quantitative estimate of drug-likeness (QED) is 0.644. The second kappa shape index (κ2) is 7.70. The summed E-state index contributed by atoms with van der Waals surface area (Å²) in [7, 11) is 0. The molecule has 0 saturated heterocycles. The van der Waals surface area contributed by atoms with E-state index in [0.717, 1.165) is 21.6 Å². The molecule has 0 fully saturated rings. The number of aliphatic hydroxyl groups excluding tert-OH is 1. The van der Waals surface area contributed by atoms with Gasteiger partial charge in [-0.1, -0.05) is 18.2 Å². The number of aromatic nitrogens is 2. The number of rotatable bonds is 7. The first-order chi connectivity index (χ1) is 11.7. The summed E-state index contributed by atoms with van der Waals surface area (Å²) in [4.78, 5) is 9.76. The van der Waals surface area contributed by atoms with Crippen LogP contribution in [0, 0.1) is 13.8 Å². The first-order valence-electron chi connectivity index (χ1n) is 7.93. The molecule has 3 aromatic rings. The number of benzene rings is 1. The van der Waals surface area contributed by atoms with Crippen LogP contribution in [-0.4, -0.2) is 41.4 Å². The van der Waals surface area contributed by atoms with Crippen molar-refractivity contribution in [2.24, 2.45) is 0 Å². The highest BCUT2D eigenvalue weighted by molar-refractivity contribution is 7.17. The Morgan fingerprint density at radius 1 is 1.17 bits per heavy atom. The van der Waals surface area contributed by atoms with Gasteiger partial charge in [0.15, 0.2) is 0 Å². The lowest BCUT2D eigenvalue weighted by atomic mass is 10.0. The lowest BCUT2D eigenvalue weighted by Crippen LogP contribution is -2.12. The van der Waals surface area contributed by atoms with Gasteiger partial charge in [0.2, 0.25) is 0 Å². The normalized spacial score (nSPS) is 11.1. The Bertz CT molecular complexity index is 832. The van der Waals surface area contributed by atoms with Crippen molar-refractivity contribution in [3.63, 3.8) is 0 Å². The predicted molar refractivity (Wildman–Crippen MR) is 98.7 cm³/mol. The number of nitrogens with zero attached hydrogens (tertiary/aromatic N) is 2. The predicted octanol–water partition coefficient (Wildman–Crippen LogP) is 3.40. The van der Waals surface area contributed by atoms with E-state index in [0.29, 0.717) is 19.8 Å². The maximum Gasteiger partial charge on any atom is 0.138 e. The van der Waals surface area contributed by atoms with Gasteiger partial charge in [-0.2, -0.15) is 0 Å². The van der Waals surface area contributed by atoms with Crippen LogP contribution in [-0.2, 0) is 4.74 Å². The van der Waals surface area contributed by atoms with Gasteiger partial charge < -0.3 is 15.2 Å². The maximum absolute atomic E-state index is 8.74. The number of hydrogen-bond donors (Lipinski definition) is 2. The molecule has 0 bridgehead atoms. The van der Waals surface area contributed by atoms with Gasteiger partial charge in [0, 0.05) is 17.5 Å². The van der Waals surface area contributed by atoms with Crippen molar-refractivity contribution >= 4 is 27.4 Å². The molecule has 24 heavy (non-hydrogen) atoms. The van der Waals surface area contributed by atoms with Crippen molar-refractivity contribution in [1.82, 2.24) is 9.97 Å². The minimum atomic E-state index is 0.0409. The van der Waals surface area contributed by atoms with Crippen LogP contribution in [0.3, 0.4) is 0 Å². The van der Waals surface area contributed by atoms with Crippen LogP contribution < -0.4 is 5.32 Å². The van der Waals surface area contributed by atoms with Crippen LogP contribution in [0.2, 0.25) is 0 Å². The molecule has 126 valence electrons. The molecule has 2 heterocycles. The molecule has 2 aromatic heterocycles. The molecule has 3 rings (SSSR count). The fourth-order valence-electron chi connectivity index (χ4n) is 2.54. The summed E-state index contributed by atoms with van der Waals surface area (Å²) in [6.45, 7) is 5.80. The standard InChI is InChI=1S/C18H21N3O2S/c1-12-3-4-14(9-13(12)2)15-10-24-18-16(15)17(20-11-21-18)19-5-7-23-8-6-22/h3-4,9-11,22H,5-8H2,1-2H3,(H,19,20,21). The van der Waals surface area contributed by atoms with Gasteiger partial charge in [0.1, 0.15) is 17.0 Å². The van der Waals surface area contributed by atoms with Gasteiger partial charge in [-0.25, -0.2) is 9.97 Å². The monoisotopic (exact) mass is 343 g/mol. The molecule has 1 aromatic carbocycles. The van der Waals surface area contributed by atoms with Crippen molar-refractivity contribution in [2.45, 2.75) is 13.8 Å². The van der Waals surface area contributed by atoms with Crippen molar-refractivity contribution in [3.05, 3.63) is 41.0 Å². The zero-order valence-electron chi connectivity index (χ0n) is 13.9. The van der Waals surface area contributed by atoms with Crippen molar-refractivity contribution in [3.8, 4) is 11.1 Å².